The molecule has 1 amide bonds. The highest BCUT2D eigenvalue weighted by Gasteiger charge is 2.17. The Morgan fingerprint density at radius 1 is 1.18 bits per heavy atom. The Labute approximate surface area is 169 Å². The Balaban J connectivity index is 1.86. The third-order valence-electron chi connectivity index (χ3n) is 4.43. The molecule has 0 saturated carbocycles. The molecule has 1 atom stereocenters. The number of hydrogen-bond donors (Lipinski definition) is 1. The van der Waals surface area contributed by atoms with Crippen LogP contribution in [0, 0.1) is 11.3 Å². The van der Waals surface area contributed by atoms with Gasteiger partial charge in [0.25, 0.3) is 5.91 Å². The number of fused-ring (bicyclic) bond motifs is 1. The first kappa shape index (κ1) is 19.6. The maximum Gasteiger partial charge on any atom is 0.262 e. The summed E-state index contributed by atoms with van der Waals surface area (Å²) >= 11 is 6.21. The normalized spacial score (nSPS) is 12.4. The van der Waals surface area contributed by atoms with Gasteiger partial charge in [0, 0.05) is 5.39 Å². The molecule has 0 spiro atoms. The van der Waals surface area contributed by atoms with Crippen molar-refractivity contribution >= 4 is 34.5 Å². The standard InChI is InChI=1S/C23H20ClN3O/c1-2-7-21(16-8-4-3-5-9-16)27-23(28)18(15-25)14-19-13-12-17-10-6-11-20(24)22(17)26-19/h3-6,8-14,21H,2,7H2,1H3,(H,27,28)/b18-14+/t21-/m0/s1. The van der Waals surface area contributed by atoms with Crippen LogP contribution in [0.2, 0.25) is 5.02 Å². The van der Waals surface area contributed by atoms with E-state index in [1.54, 1.807) is 12.1 Å². The van der Waals surface area contributed by atoms with Gasteiger partial charge in [-0.2, -0.15) is 5.26 Å². The Hall–Kier alpha value is -3.16. The topological polar surface area (TPSA) is 65.8 Å². The van der Waals surface area contributed by atoms with E-state index in [1.165, 1.54) is 6.08 Å². The number of carbonyl (C=O) groups is 1. The van der Waals surface area contributed by atoms with Crippen LogP contribution in [-0.4, -0.2) is 10.9 Å². The monoisotopic (exact) mass is 389 g/mol. The highest BCUT2D eigenvalue weighted by Crippen LogP contribution is 2.23. The molecule has 0 aliphatic heterocycles. The van der Waals surface area contributed by atoms with Gasteiger partial charge in [0.1, 0.15) is 11.6 Å². The van der Waals surface area contributed by atoms with Crippen molar-refractivity contribution in [3.05, 3.63) is 82.5 Å². The fourth-order valence-corrected chi connectivity index (χ4v) is 3.26. The number of benzene rings is 2. The van der Waals surface area contributed by atoms with Gasteiger partial charge in [0.2, 0.25) is 0 Å². The van der Waals surface area contributed by atoms with Crippen molar-refractivity contribution < 1.29 is 4.79 Å². The summed E-state index contributed by atoms with van der Waals surface area (Å²) in [4.78, 5) is 17.2. The zero-order chi connectivity index (χ0) is 19.9. The number of rotatable bonds is 6. The smallest absolute Gasteiger partial charge is 0.262 e. The van der Waals surface area contributed by atoms with Crippen molar-refractivity contribution in [1.29, 1.82) is 5.26 Å². The number of carbonyl (C=O) groups excluding carboxylic acids is 1. The van der Waals surface area contributed by atoms with Crippen molar-refractivity contribution in [3.8, 4) is 6.07 Å². The molecule has 0 unspecified atom stereocenters. The first-order valence-electron chi connectivity index (χ1n) is 9.15. The van der Waals surface area contributed by atoms with Crippen molar-refractivity contribution in [2.45, 2.75) is 25.8 Å². The van der Waals surface area contributed by atoms with Gasteiger partial charge in [-0.05, 0) is 30.2 Å². The van der Waals surface area contributed by atoms with Crippen LogP contribution >= 0.6 is 11.6 Å². The van der Waals surface area contributed by atoms with E-state index in [0.29, 0.717) is 16.2 Å². The molecule has 3 aromatic rings. The summed E-state index contributed by atoms with van der Waals surface area (Å²) in [5.74, 6) is -0.411. The second-order valence-corrected chi connectivity index (χ2v) is 6.85. The fraction of sp³-hybridized carbons (Fsp3) is 0.174. The van der Waals surface area contributed by atoms with Crippen molar-refractivity contribution in [1.82, 2.24) is 10.3 Å². The summed E-state index contributed by atoms with van der Waals surface area (Å²) in [6.45, 7) is 2.06. The molecule has 0 bridgehead atoms. The van der Waals surface area contributed by atoms with Gasteiger partial charge < -0.3 is 5.32 Å². The zero-order valence-electron chi connectivity index (χ0n) is 15.5. The Morgan fingerprint density at radius 2 is 1.96 bits per heavy atom. The van der Waals surface area contributed by atoms with Crippen LogP contribution in [-0.2, 0) is 4.79 Å². The van der Waals surface area contributed by atoms with E-state index in [2.05, 4.69) is 17.2 Å². The van der Waals surface area contributed by atoms with E-state index in [0.717, 1.165) is 23.8 Å². The molecule has 0 aliphatic carbocycles. The molecule has 2 aromatic carbocycles. The molecule has 4 nitrogen and oxygen atoms in total. The zero-order valence-corrected chi connectivity index (χ0v) is 16.3. The van der Waals surface area contributed by atoms with E-state index < -0.39 is 5.91 Å². The van der Waals surface area contributed by atoms with Crippen LogP contribution < -0.4 is 5.32 Å². The molecule has 3 rings (SSSR count). The maximum atomic E-state index is 12.7. The van der Waals surface area contributed by atoms with Crippen LogP contribution in [0.25, 0.3) is 17.0 Å². The van der Waals surface area contributed by atoms with Gasteiger partial charge in [-0.25, -0.2) is 4.98 Å². The summed E-state index contributed by atoms with van der Waals surface area (Å²) in [7, 11) is 0. The van der Waals surface area contributed by atoms with Crippen molar-refractivity contribution in [2.24, 2.45) is 0 Å². The van der Waals surface area contributed by atoms with Gasteiger partial charge in [-0.15, -0.1) is 0 Å². The summed E-state index contributed by atoms with van der Waals surface area (Å²) in [5, 5.41) is 13.9. The summed E-state index contributed by atoms with van der Waals surface area (Å²) < 4.78 is 0. The van der Waals surface area contributed by atoms with E-state index in [1.807, 2.05) is 54.6 Å². The lowest BCUT2D eigenvalue weighted by atomic mass is 10.0. The number of para-hydroxylation sites is 1. The predicted octanol–water partition coefficient (Wildman–Crippen LogP) is 5.45. The molecule has 28 heavy (non-hydrogen) atoms. The van der Waals surface area contributed by atoms with Gasteiger partial charge in [-0.1, -0.05) is 73.5 Å². The number of pyridine rings is 1. The van der Waals surface area contributed by atoms with Gasteiger partial charge in [0.05, 0.1) is 22.3 Å². The number of aromatic nitrogens is 1. The maximum absolute atomic E-state index is 12.7. The van der Waals surface area contributed by atoms with Crippen molar-refractivity contribution in [2.75, 3.05) is 0 Å². The number of amides is 1. The average molecular weight is 390 g/mol. The minimum Gasteiger partial charge on any atom is -0.345 e. The lowest BCUT2D eigenvalue weighted by Gasteiger charge is -2.18. The van der Waals surface area contributed by atoms with Gasteiger partial charge in [-0.3, -0.25) is 4.79 Å². The molecular weight excluding hydrogens is 370 g/mol. The number of nitriles is 1. The molecule has 0 aliphatic rings. The van der Waals surface area contributed by atoms with Crippen LogP contribution in [0.4, 0.5) is 0 Å². The third-order valence-corrected chi connectivity index (χ3v) is 4.74. The van der Waals surface area contributed by atoms with E-state index >= 15 is 0 Å². The molecule has 1 N–H and O–H groups in total. The Bertz CT molecular complexity index is 1050. The first-order valence-corrected chi connectivity index (χ1v) is 9.53. The first-order chi connectivity index (χ1) is 13.6. The molecule has 0 radical (unpaired) electrons. The molecule has 0 saturated heterocycles. The van der Waals surface area contributed by atoms with Gasteiger partial charge >= 0.3 is 0 Å². The highest BCUT2D eigenvalue weighted by atomic mass is 35.5. The van der Waals surface area contributed by atoms with Crippen LogP contribution in [0.1, 0.15) is 37.1 Å². The van der Waals surface area contributed by atoms with Crippen LogP contribution in [0.15, 0.2) is 66.2 Å². The predicted molar refractivity (Wildman–Crippen MR) is 113 cm³/mol. The fourth-order valence-electron chi connectivity index (χ4n) is 3.04. The average Bonchev–Trinajstić information content (AvgIpc) is 2.72. The van der Waals surface area contributed by atoms with E-state index in [9.17, 15) is 10.1 Å². The summed E-state index contributed by atoms with van der Waals surface area (Å²) in [5.41, 5.74) is 2.18. The minimum atomic E-state index is -0.411. The van der Waals surface area contributed by atoms with E-state index in [4.69, 9.17) is 11.6 Å². The summed E-state index contributed by atoms with van der Waals surface area (Å²) in [6.07, 6.45) is 3.20. The molecule has 1 heterocycles. The number of nitrogens with zero attached hydrogens (tertiary/aromatic N) is 2. The lowest BCUT2D eigenvalue weighted by molar-refractivity contribution is -0.117. The highest BCUT2D eigenvalue weighted by molar-refractivity contribution is 6.35. The lowest BCUT2D eigenvalue weighted by Crippen LogP contribution is -2.29. The molecular formula is C23H20ClN3O. The molecule has 140 valence electrons. The van der Waals surface area contributed by atoms with Crippen LogP contribution in [0.5, 0.6) is 0 Å². The number of nitrogens with one attached hydrogen (secondary N) is 1. The third kappa shape index (κ3) is 4.57. The SMILES string of the molecule is CCC[C@H](NC(=O)/C(C#N)=C/c1ccc2cccc(Cl)c2n1)c1ccccc1. The second-order valence-electron chi connectivity index (χ2n) is 6.44. The number of hydrogen-bond acceptors (Lipinski definition) is 3. The minimum absolute atomic E-state index is 0.0101. The largest absolute Gasteiger partial charge is 0.345 e. The number of halogens is 1. The Kier molecular flexibility index (Phi) is 6.41. The van der Waals surface area contributed by atoms with Gasteiger partial charge in [0.15, 0.2) is 0 Å². The van der Waals surface area contributed by atoms with Crippen LogP contribution in [0.3, 0.4) is 0 Å². The van der Waals surface area contributed by atoms with E-state index in [-0.39, 0.29) is 11.6 Å². The molecule has 0 fully saturated rings. The molecule has 5 heteroatoms. The quantitative estimate of drug-likeness (QED) is 0.450. The summed E-state index contributed by atoms with van der Waals surface area (Å²) in [6, 6.07) is 20.8. The second kappa shape index (κ2) is 9.16. The Morgan fingerprint density at radius 3 is 2.68 bits per heavy atom. The van der Waals surface area contributed by atoms with Crippen molar-refractivity contribution in [3.63, 3.8) is 0 Å². The molecule has 1 aromatic heterocycles.